The van der Waals surface area contributed by atoms with E-state index in [4.69, 9.17) is 10.5 Å². The van der Waals surface area contributed by atoms with Gasteiger partial charge in [0.15, 0.2) is 0 Å². The molecule has 3 rings (SSSR count). The van der Waals surface area contributed by atoms with Crippen molar-refractivity contribution < 1.29 is 9.13 Å². The monoisotopic (exact) mass is 249 g/mol. The summed E-state index contributed by atoms with van der Waals surface area (Å²) in [5.74, 6) is 1.91. The number of nitrogens with two attached hydrogens (primary N) is 1. The minimum Gasteiger partial charge on any atom is -0.372 e. The lowest BCUT2D eigenvalue weighted by molar-refractivity contribution is -0.00565. The van der Waals surface area contributed by atoms with Gasteiger partial charge in [-0.1, -0.05) is 19.1 Å². The zero-order chi connectivity index (χ0) is 12.9. The van der Waals surface area contributed by atoms with Gasteiger partial charge < -0.3 is 10.5 Å². The first-order valence-electron chi connectivity index (χ1n) is 6.65. The van der Waals surface area contributed by atoms with E-state index in [1.165, 1.54) is 12.1 Å². The average molecular weight is 249 g/mol. The van der Waals surface area contributed by atoms with Crippen molar-refractivity contribution in [3.05, 3.63) is 35.6 Å². The van der Waals surface area contributed by atoms with Crippen molar-refractivity contribution in [1.29, 1.82) is 0 Å². The molecule has 0 amide bonds. The van der Waals surface area contributed by atoms with Crippen LogP contribution in [-0.4, -0.2) is 11.6 Å². The van der Waals surface area contributed by atoms with Crippen molar-refractivity contribution in [1.82, 2.24) is 0 Å². The van der Waals surface area contributed by atoms with E-state index in [1.807, 2.05) is 0 Å². The Morgan fingerprint density at radius 1 is 1.39 bits per heavy atom. The molecule has 3 heteroatoms. The molecule has 18 heavy (non-hydrogen) atoms. The van der Waals surface area contributed by atoms with E-state index in [9.17, 15) is 4.39 Å². The van der Waals surface area contributed by atoms with Gasteiger partial charge >= 0.3 is 0 Å². The topological polar surface area (TPSA) is 35.2 Å². The first kappa shape index (κ1) is 12.1. The van der Waals surface area contributed by atoms with Crippen LogP contribution in [0.5, 0.6) is 0 Å². The molecule has 2 saturated carbocycles. The van der Waals surface area contributed by atoms with Crippen molar-refractivity contribution in [2.24, 2.45) is 23.5 Å². The summed E-state index contributed by atoms with van der Waals surface area (Å²) >= 11 is 0. The predicted octanol–water partition coefficient (Wildman–Crippen LogP) is 2.71. The maximum Gasteiger partial charge on any atom is 0.123 e. The van der Waals surface area contributed by atoms with Gasteiger partial charge in [-0.2, -0.15) is 0 Å². The van der Waals surface area contributed by atoms with Gasteiger partial charge in [0.25, 0.3) is 0 Å². The fourth-order valence-electron chi connectivity index (χ4n) is 3.68. The largest absolute Gasteiger partial charge is 0.372 e. The number of hydrogen-bond donors (Lipinski definition) is 1. The van der Waals surface area contributed by atoms with E-state index in [1.54, 1.807) is 12.1 Å². The molecule has 0 heterocycles. The van der Waals surface area contributed by atoms with Crippen molar-refractivity contribution in [3.8, 4) is 0 Å². The highest BCUT2D eigenvalue weighted by Crippen LogP contribution is 2.61. The molecule has 2 N–H and O–H groups in total. The molecule has 5 atom stereocenters. The minimum atomic E-state index is -0.210. The van der Waals surface area contributed by atoms with Gasteiger partial charge in [0, 0.05) is 5.54 Å². The van der Waals surface area contributed by atoms with E-state index in [-0.39, 0.29) is 17.5 Å². The predicted molar refractivity (Wildman–Crippen MR) is 68.3 cm³/mol. The molecule has 0 aromatic heterocycles. The maximum absolute atomic E-state index is 12.8. The third-order valence-electron chi connectivity index (χ3n) is 4.82. The molecule has 2 nitrogen and oxygen atoms in total. The Kier molecular flexibility index (Phi) is 2.72. The third-order valence-corrected chi connectivity index (χ3v) is 4.82. The molecule has 2 aliphatic rings. The molecule has 1 aromatic carbocycles. The Labute approximate surface area is 107 Å². The van der Waals surface area contributed by atoms with Crippen molar-refractivity contribution in [3.63, 3.8) is 0 Å². The number of ether oxygens (including phenoxy) is 1. The highest BCUT2D eigenvalue weighted by atomic mass is 19.1. The Bertz CT molecular complexity index is 442. The van der Waals surface area contributed by atoms with Gasteiger partial charge in [-0.25, -0.2) is 4.39 Å². The van der Waals surface area contributed by atoms with Crippen LogP contribution in [-0.2, 0) is 11.3 Å². The fourth-order valence-corrected chi connectivity index (χ4v) is 3.68. The summed E-state index contributed by atoms with van der Waals surface area (Å²) < 4.78 is 18.7. The second-order valence-electron chi connectivity index (χ2n) is 6.08. The first-order chi connectivity index (χ1) is 8.50. The van der Waals surface area contributed by atoms with E-state index in [0.29, 0.717) is 12.5 Å². The van der Waals surface area contributed by atoms with Crippen LogP contribution in [0.1, 0.15) is 25.8 Å². The number of halogens is 1. The number of hydrogen-bond acceptors (Lipinski definition) is 2. The van der Waals surface area contributed by atoms with E-state index in [2.05, 4.69) is 13.8 Å². The zero-order valence-corrected chi connectivity index (χ0v) is 10.9. The van der Waals surface area contributed by atoms with E-state index < -0.39 is 0 Å². The Morgan fingerprint density at radius 3 is 2.61 bits per heavy atom. The number of benzene rings is 1. The zero-order valence-electron chi connectivity index (χ0n) is 10.9. The Morgan fingerprint density at radius 2 is 2.06 bits per heavy atom. The van der Waals surface area contributed by atoms with Gasteiger partial charge in [-0.15, -0.1) is 0 Å². The Hall–Kier alpha value is -0.930. The van der Waals surface area contributed by atoms with Crippen LogP contribution in [0.3, 0.4) is 0 Å². The molecule has 2 aliphatic carbocycles. The van der Waals surface area contributed by atoms with Gasteiger partial charge in [-0.05, 0) is 48.8 Å². The molecule has 1 aromatic rings. The summed E-state index contributed by atoms with van der Waals surface area (Å²) in [7, 11) is 0. The molecule has 2 fully saturated rings. The fraction of sp³-hybridized carbons (Fsp3) is 0.600. The van der Waals surface area contributed by atoms with Crippen LogP contribution < -0.4 is 5.73 Å². The molecule has 0 spiro atoms. The van der Waals surface area contributed by atoms with Gasteiger partial charge in [0.05, 0.1) is 12.7 Å². The van der Waals surface area contributed by atoms with Crippen LogP contribution in [0.25, 0.3) is 0 Å². The first-order valence-corrected chi connectivity index (χ1v) is 6.65. The highest BCUT2D eigenvalue weighted by Gasteiger charge is 2.64. The summed E-state index contributed by atoms with van der Waals surface area (Å²) in [6.45, 7) is 4.90. The summed E-state index contributed by atoms with van der Waals surface area (Å²) in [5.41, 5.74) is 7.20. The molecule has 98 valence electrons. The van der Waals surface area contributed by atoms with Crippen LogP contribution in [0, 0.1) is 23.6 Å². The summed E-state index contributed by atoms with van der Waals surface area (Å²) in [6.07, 6.45) is 1.20. The lowest BCUT2D eigenvalue weighted by Crippen LogP contribution is -2.49. The smallest absolute Gasteiger partial charge is 0.123 e. The summed E-state index contributed by atoms with van der Waals surface area (Å²) in [5, 5.41) is 0. The molecule has 0 bridgehead atoms. The second-order valence-corrected chi connectivity index (χ2v) is 6.08. The second kappa shape index (κ2) is 4.04. The van der Waals surface area contributed by atoms with Crippen LogP contribution >= 0.6 is 0 Å². The molecular weight excluding hydrogens is 229 g/mol. The average Bonchev–Trinajstić information content (AvgIpc) is 2.88. The third kappa shape index (κ3) is 1.86. The van der Waals surface area contributed by atoms with Gasteiger partial charge in [0.1, 0.15) is 5.82 Å². The maximum atomic E-state index is 12.8. The summed E-state index contributed by atoms with van der Waals surface area (Å²) in [4.78, 5) is 0. The quantitative estimate of drug-likeness (QED) is 0.894. The SMILES string of the molecule is CC1C2CC(OCc3ccc(F)cc3)C(C)(N)C12. The minimum absolute atomic E-state index is 0.133. The van der Waals surface area contributed by atoms with Crippen LogP contribution in [0.15, 0.2) is 24.3 Å². The number of fused-ring (bicyclic) bond motifs is 1. The van der Waals surface area contributed by atoms with Crippen molar-refractivity contribution in [2.45, 2.75) is 38.5 Å². The lowest BCUT2D eigenvalue weighted by atomic mass is 9.91. The van der Waals surface area contributed by atoms with Crippen LogP contribution in [0.2, 0.25) is 0 Å². The van der Waals surface area contributed by atoms with Gasteiger partial charge in [0.2, 0.25) is 0 Å². The molecular formula is C15H20FNO. The van der Waals surface area contributed by atoms with Crippen molar-refractivity contribution in [2.75, 3.05) is 0 Å². The number of rotatable bonds is 3. The molecule has 0 aliphatic heterocycles. The lowest BCUT2D eigenvalue weighted by Gasteiger charge is -2.31. The normalized spacial score (nSPS) is 41.8. The molecule has 5 unspecified atom stereocenters. The van der Waals surface area contributed by atoms with E-state index in [0.717, 1.165) is 23.8 Å². The van der Waals surface area contributed by atoms with Gasteiger partial charge in [-0.3, -0.25) is 0 Å². The van der Waals surface area contributed by atoms with Crippen LogP contribution in [0.4, 0.5) is 4.39 Å². The standard InChI is InChI=1S/C15H20FNO/c1-9-12-7-13(15(2,17)14(9)12)18-8-10-3-5-11(16)6-4-10/h3-6,9,12-14H,7-8,17H2,1-2H3. The van der Waals surface area contributed by atoms with E-state index >= 15 is 0 Å². The highest BCUT2D eigenvalue weighted by molar-refractivity contribution is 5.18. The molecule has 0 radical (unpaired) electrons. The Balaban J connectivity index is 1.60. The van der Waals surface area contributed by atoms with Crippen molar-refractivity contribution >= 4 is 0 Å². The molecule has 0 saturated heterocycles. The summed E-state index contributed by atoms with van der Waals surface area (Å²) in [6, 6.07) is 6.46.